The molecule has 2 rings (SSSR count). The van der Waals surface area contributed by atoms with Crippen LogP contribution in [0.3, 0.4) is 0 Å². The first-order valence-electron chi connectivity index (χ1n) is 6.07. The first kappa shape index (κ1) is 14.7. The van der Waals surface area contributed by atoms with Gasteiger partial charge >= 0.3 is 0 Å². The highest BCUT2D eigenvalue weighted by atomic mass is 35.5. The van der Waals surface area contributed by atoms with E-state index < -0.39 is 0 Å². The molecule has 0 aliphatic heterocycles. The molecule has 0 atom stereocenters. The second-order valence-electron chi connectivity index (χ2n) is 3.88. The van der Waals surface area contributed by atoms with E-state index in [9.17, 15) is 0 Å². The Kier molecular flexibility index (Phi) is 5.88. The molecule has 0 aliphatic rings. The summed E-state index contributed by atoms with van der Waals surface area (Å²) in [5, 5.41) is 11.9. The molecule has 0 bridgehead atoms. The summed E-state index contributed by atoms with van der Waals surface area (Å²) in [6, 6.07) is 4.10. The summed E-state index contributed by atoms with van der Waals surface area (Å²) in [7, 11) is 0. The second kappa shape index (κ2) is 7.18. The van der Waals surface area contributed by atoms with Gasteiger partial charge < -0.3 is 5.32 Å². The van der Waals surface area contributed by atoms with Crippen LogP contribution in [0.4, 0.5) is 0 Å². The molecule has 0 amide bonds. The summed E-state index contributed by atoms with van der Waals surface area (Å²) in [6.07, 6.45) is 3.69. The van der Waals surface area contributed by atoms with Crippen LogP contribution in [0.2, 0.25) is 0 Å². The van der Waals surface area contributed by atoms with Crippen LogP contribution in [0.1, 0.15) is 25.2 Å². The topological polar surface area (TPSA) is 47.7 Å². The molecule has 0 radical (unpaired) electrons. The van der Waals surface area contributed by atoms with Crippen molar-refractivity contribution in [3.8, 4) is 0 Å². The van der Waals surface area contributed by atoms with Gasteiger partial charge in [-0.3, -0.25) is 9.36 Å². The molecule has 0 saturated carbocycles. The normalized spacial score (nSPS) is 10.3. The average Bonchev–Trinajstić information content (AvgIpc) is 2.97. The fraction of sp³-hybridized carbons (Fsp3) is 0.500. The predicted molar refractivity (Wildman–Crippen MR) is 73.6 cm³/mol. The Labute approximate surface area is 114 Å². The lowest BCUT2D eigenvalue weighted by molar-refractivity contribution is 0.552. The molecule has 5 nitrogen and oxygen atoms in total. The second-order valence-corrected chi connectivity index (χ2v) is 3.88. The van der Waals surface area contributed by atoms with Gasteiger partial charge in [-0.2, -0.15) is 10.2 Å². The van der Waals surface area contributed by atoms with Crippen molar-refractivity contribution in [3.63, 3.8) is 0 Å². The molecular formula is C12H20ClN5. The number of hydrogen-bond acceptors (Lipinski definition) is 3. The highest BCUT2D eigenvalue weighted by Crippen LogP contribution is 2.01. The van der Waals surface area contributed by atoms with Crippen molar-refractivity contribution < 1.29 is 0 Å². The van der Waals surface area contributed by atoms with Crippen LogP contribution in [-0.4, -0.2) is 19.6 Å². The third-order valence-corrected chi connectivity index (χ3v) is 2.82. The van der Waals surface area contributed by atoms with Crippen LogP contribution in [-0.2, 0) is 26.2 Å². The molecule has 1 N–H and O–H groups in total. The molecule has 0 aromatic carbocycles. The Balaban J connectivity index is 0.00000162. The van der Waals surface area contributed by atoms with Crippen molar-refractivity contribution in [3.05, 3.63) is 35.9 Å². The zero-order valence-electron chi connectivity index (χ0n) is 10.8. The Hall–Kier alpha value is -1.33. The molecule has 0 fully saturated rings. The minimum Gasteiger partial charge on any atom is -0.306 e. The maximum Gasteiger partial charge on any atom is 0.0522 e. The van der Waals surface area contributed by atoms with Gasteiger partial charge in [-0.1, -0.05) is 0 Å². The number of halogens is 1. The van der Waals surface area contributed by atoms with E-state index in [1.165, 1.54) is 11.4 Å². The zero-order chi connectivity index (χ0) is 12.1. The number of hydrogen-bond donors (Lipinski definition) is 1. The number of aromatic nitrogens is 4. The average molecular weight is 270 g/mol. The van der Waals surface area contributed by atoms with Gasteiger partial charge in [0, 0.05) is 38.6 Å². The lowest BCUT2D eigenvalue weighted by atomic mass is 10.3. The predicted octanol–water partition coefficient (Wildman–Crippen LogP) is 1.83. The maximum atomic E-state index is 4.24. The standard InChI is InChI=1S/C12H19N5.ClH/c1-3-16-11(5-7-14-16)9-13-10-12-6-8-15-17(12)4-2;/h5-8,13H,3-4,9-10H2,1-2H3;1H. The Morgan fingerprint density at radius 3 is 1.78 bits per heavy atom. The van der Waals surface area contributed by atoms with Crippen molar-refractivity contribution in [2.75, 3.05) is 0 Å². The van der Waals surface area contributed by atoms with Crippen LogP contribution < -0.4 is 5.32 Å². The minimum atomic E-state index is 0. The number of nitrogens with one attached hydrogen (secondary N) is 1. The van der Waals surface area contributed by atoms with E-state index in [2.05, 4.69) is 29.4 Å². The van der Waals surface area contributed by atoms with Crippen LogP contribution in [0.5, 0.6) is 0 Å². The van der Waals surface area contributed by atoms with E-state index in [4.69, 9.17) is 0 Å². The SMILES string of the molecule is CCn1nccc1CNCc1ccnn1CC.Cl. The van der Waals surface area contributed by atoms with Gasteiger partial charge in [-0.15, -0.1) is 12.4 Å². The van der Waals surface area contributed by atoms with Crippen molar-refractivity contribution in [2.24, 2.45) is 0 Å². The van der Waals surface area contributed by atoms with Crippen LogP contribution in [0.15, 0.2) is 24.5 Å². The van der Waals surface area contributed by atoms with Crippen molar-refractivity contribution in [1.82, 2.24) is 24.9 Å². The van der Waals surface area contributed by atoms with Gasteiger partial charge in [0.1, 0.15) is 0 Å². The zero-order valence-corrected chi connectivity index (χ0v) is 11.7. The van der Waals surface area contributed by atoms with Crippen molar-refractivity contribution >= 4 is 12.4 Å². The van der Waals surface area contributed by atoms with E-state index in [0.29, 0.717) is 0 Å². The monoisotopic (exact) mass is 269 g/mol. The molecule has 0 aliphatic carbocycles. The molecule has 0 spiro atoms. The molecule has 0 unspecified atom stereocenters. The molecule has 2 aromatic heterocycles. The first-order chi connectivity index (χ1) is 8.35. The van der Waals surface area contributed by atoms with Gasteiger partial charge in [0.25, 0.3) is 0 Å². The molecule has 0 saturated heterocycles. The van der Waals surface area contributed by atoms with Crippen LogP contribution in [0.25, 0.3) is 0 Å². The van der Waals surface area contributed by atoms with E-state index in [1.807, 2.05) is 33.9 Å². The van der Waals surface area contributed by atoms with E-state index in [-0.39, 0.29) is 12.4 Å². The quantitative estimate of drug-likeness (QED) is 0.870. The lowest BCUT2D eigenvalue weighted by Crippen LogP contribution is -2.18. The number of aryl methyl sites for hydroxylation is 2. The largest absolute Gasteiger partial charge is 0.306 e. The molecule has 2 aromatic rings. The summed E-state index contributed by atoms with van der Waals surface area (Å²) in [5.74, 6) is 0. The maximum absolute atomic E-state index is 4.24. The Morgan fingerprint density at radius 2 is 1.39 bits per heavy atom. The third-order valence-electron chi connectivity index (χ3n) is 2.82. The summed E-state index contributed by atoms with van der Waals surface area (Å²) < 4.78 is 4.01. The van der Waals surface area contributed by atoms with Crippen LogP contribution >= 0.6 is 12.4 Å². The van der Waals surface area contributed by atoms with E-state index in [1.54, 1.807) is 0 Å². The van der Waals surface area contributed by atoms with Crippen LogP contribution in [0, 0.1) is 0 Å². The highest BCUT2D eigenvalue weighted by Gasteiger charge is 2.02. The molecule has 18 heavy (non-hydrogen) atoms. The van der Waals surface area contributed by atoms with E-state index >= 15 is 0 Å². The summed E-state index contributed by atoms with van der Waals surface area (Å²) in [6.45, 7) is 7.70. The van der Waals surface area contributed by atoms with Gasteiger partial charge in [-0.05, 0) is 26.0 Å². The fourth-order valence-electron chi connectivity index (χ4n) is 1.91. The van der Waals surface area contributed by atoms with Gasteiger partial charge in [0.2, 0.25) is 0 Å². The van der Waals surface area contributed by atoms with E-state index in [0.717, 1.165) is 26.2 Å². The number of rotatable bonds is 6. The highest BCUT2D eigenvalue weighted by molar-refractivity contribution is 5.85. The van der Waals surface area contributed by atoms with Gasteiger partial charge in [0.05, 0.1) is 11.4 Å². The smallest absolute Gasteiger partial charge is 0.0522 e. The van der Waals surface area contributed by atoms with Crippen molar-refractivity contribution in [2.45, 2.75) is 40.0 Å². The van der Waals surface area contributed by atoms with Gasteiger partial charge in [0.15, 0.2) is 0 Å². The molecular weight excluding hydrogens is 250 g/mol. The molecule has 6 heteroatoms. The minimum absolute atomic E-state index is 0. The fourth-order valence-corrected chi connectivity index (χ4v) is 1.91. The molecule has 2 heterocycles. The summed E-state index contributed by atoms with van der Waals surface area (Å²) in [4.78, 5) is 0. The summed E-state index contributed by atoms with van der Waals surface area (Å²) in [5.41, 5.74) is 2.44. The lowest BCUT2D eigenvalue weighted by Gasteiger charge is -2.08. The van der Waals surface area contributed by atoms with Crippen molar-refractivity contribution in [1.29, 1.82) is 0 Å². The van der Waals surface area contributed by atoms with Gasteiger partial charge in [-0.25, -0.2) is 0 Å². The first-order valence-corrected chi connectivity index (χ1v) is 6.07. The summed E-state index contributed by atoms with van der Waals surface area (Å²) >= 11 is 0. The Morgan fingerprint density at radius 1 is 0.944 bits per heavy atom. The Bertz CT molecular complexity index is 420. The third kappa shape index (κ3) is 3.34. The molecule has 100 valence electrons. The number of nitrogens with zero attached hydrogens (tertiary/aromatic N) is 4.